The van der Waals surface area contributed by atoms with Crippen LogP contribution in [0, 0.1) is 12.8 Å². The second-order valence-corrected chi connectivity index (χ2v) is 9.07. The third kappa shape index (κ3) is 3.09. The number of aryl methyl sites for hydroxylation is 1. The maximum atomic E-state index is 12.7. The molecule has 0 radical (unpaired) electrons. The maximum Gasteiger partial charge on any atom is 0.246 e. The summed E-state index contributed by atoms with van der Waals surface area (Å²) in [5.41, 5.74) is 0.622. The van der Waals surface area contributed by atoms with Crippen molar-refractivity contribution >= 4 is 15.9 Å². The van der Waals surface area contributed by atoms with E-state index in [0.717, 1.165) is 12.8 Å². The molecule has 2 heterocycles. The van der Waals surface area contributed by atoms with Gasteiger partial charge in [-0.1, -0.05) is 12.8 Å². The number of hydrogen-bond acceptors (Lipinski definition) is 4. The minimum Gasteiger partial charge on any atom is -0.339 e. The van der Waals surface area contributed by atoms with E-state index in [2.05, 4.69) is 5.10 Å². The maximum absolute atomic E-state index is 12.7. The van der Waals surface area contributed by atoms with Crippen molar-refractivity contribution in [2.75, 3.05) is 20.1 Å². The predicted octanol–water partition coefficient (Wildman–Crippen LogP) is 1.14. The number of likely N-dealkylation sites (tertiary alicyclic amines) is 1. The van der Waals surface area contributed by atoms with Crippen LogP contribution in [0.5, 0.6) is 0 Å². The molecule has 2 fully saturated rings. The molecule has 134 valence electrons. The number of carbonyl (C=O) groups is 1. The van der Waals surface area contributed by atoms with Gasteiger partial charge < -0.3 is 4.90 Å². The van der Waals surface area contributed by atoms with Crippen LogP contribution in [0.25, 0.3) is 0 Å². The number of aromatic nitrogens is 2. The molecular weight excluding hydrogens is 328 g/mol. The van der Waals surface area contributed by atoms with E-state index < -0.39 is 10.0 Å². The summed E-state index contributed by atoms with van der Waals surface area (Å²) in [6.07, 6.45) is 6.39. The Morgan fingerprint density at radius 3 is 2.58 bits per heavy atom. The molecule has 1 unspecified atom stereocenters. The highest BCUT2D eigenvalue weighted by atomic mass is 32.2. The fraction of sp³-hybridized carbons (Fsp3) is 0.750. The van der Waals surface area contributed by atoms with Crippen LogP contribution in [0.4, 0.5) is 0 Å². The van der Waals surface area contributed by atoms with Gasteiger partial charge in [0, 0.05) is 39.6 Å². The number of amides is 1. The van der Waals surface area contributed by atoms with Crippen LogP contribution in [0.3, 0.4) is 0 Å². The van der Waals surface area contributed by atoms with Crippen LogP contribution in [-0.2, 0) is 21.9 Å². The SMILES string of the molecule is Cc1c(S(=O)(=O)N(C)CC2CC(=O)N(C3CCCC3)C2)cnn1C. The second kappa shape index (κ2) is 6.48. The molecular formula is C16H26N4O3S. The zero-order valence-corrected chi connectivity index (χ0v) is 15.4. The molecule has 1 saturated heterocycles. The third-order valence-electron chi connectivity index (χ3n) is 5.40. The molecule has 0 spiro atoms. The van der Waals surface area contributed by atoms with Crippen molar-refractivity contribution in [2.24, 2.45) is 13.0 Å². The highest BCUT2D eigenvalue weighted by Crippen LogP contribution is 2.30. The largest absolute Gasteiger partial charge is 0.339 e. The molecule has 0 N–H and O–H groups in total. The molecule has 2 aliphatic rings. The molecule has 3 rings (SSSR count). The van der Waals surface area contributed by atoms with Gasteiger partial charge in [-0.2, -0.15) is 5.10 Å². The molecule has 1 atom stereocenters. The number of nitrogens with zero attached hydrogens (tertiary/aromatic N) is 4. The molecule has 1 saturated carbocycles. The summed E-state index contributed by atoms with van der Waals surface area (Å²) in [6, 6.07) is 0.366. The summed E-state index contributed by atoms with van der Waals surface area (Å²) in [6.45, 7) is 2.79. The fourth-order valence-corrected chi connectivity index (χ4v) is 5.29. The van der Waals surface area contributed by atoms with E-state index in [4.69, 9.17) is 0 Å². The average Bonchev–Trinajstić information content (AvgIpc) is 3.22. The molecule has 1 aromatic rings. The summed E-state index contributed by atoms with van der Waals surface area (Å²) < 4.78 is 28.4. The van der Waals surface area contributed by atoms with Gasteiger partial charge in [0.25, 0.3) is 0 Å². The molecule has 1 aliphatic carbocycles. The molecule has 7 nitrogen and oxygen atoms in total. The first-order chi connectivity index (χ1) is 11.3. The van der Waals surface area contributed by atoms with Crippen molar-refractivity contribution in [3.05, 3.63) is 11.9 Å². The standard InChI is InChI=1S/C16H26N4O3S/c1-12-15(9-17-19(12)3)24(22,23)18(2)10-13-8-16(21)20(11-13)14-6-4-5-7-14/h9,13-14H,4-8,10-11H2,1-3H3. The highest BCUT2D eigenvalue weighted by Gasteiger charge is 2.37. The van der Waals surface area contributed by atoms with E-state index in [-0.39, 0.29) is 16.7 Å². The molecule has 0 bridgehead atoms. The summed E-state index contributed by atoms with van der Waals surface area (Å²) in [4.78, 5) is 14.5. The number of carbonyl (C=O) groups excluding carboxylic acids is 1. The first-order valence-corrected chi connectivity index (χ1v) is 9.99. The minimum absolute atomic E-state index is 0.0647. The zero-order valence-electron chi connectivity index (χ0n) is 14.6. The monoisotopic (exact) mass is 354 g/mol. The van der Waals surface area contributed by atoms with Crippen molar-refractivity contribution in [3.63, 3.8) is 0 Å². The van der Waals surface area contributed by atoms with Gasteiger partial charge in [0.15, 0.2) is 0 Å². The lowest BCUT2D eigenvalue weighted by molar-refractivity contribution is -0.129. The lowest BCUT2D eigenvalue weighted by Gasteiger charge is -2.25. The minimum atomic E-state index is -3.57. The molecule has 8 heteroatoms. The van der Waals surface area contributed by atoms with E-state index in [1.54, 1.807) is 25.7 Å². The van der Waals surface area contributed by atoms with E-state index >= 15 is 0 Å². The van der Waals surface area contributed by atoms with Crippen molar-refractivity contribution in [3.8, 4) is 0 Å². The second-order valence-electron chi connectivity index (χ2n) is 7.06. The molecule has 24 heavy (non-hydrogen) atoms. The fourth-order valence-electron chi connectivity index (χ4n) is 3.86. The number of hydrogen-bond donors (Lipinski definition) is 0. The Balaban J connectivity index is 1.67. The predicted molar refractivity (Wildman–Crippen MR) is 89.8 cm³/mol. The molecule has 1 aromatic heterocycles. The van der Waals surface area contributed by atoms with Gasteiger partial charge in [-0.05, 0) is 25.7 Å². The van der Waals surface area contributed by atoms with Crippen molar-refractivity contribution in [1.82, 2.24) is 19.0 Å². The Morgan fingerprint density at radius 2 is 2.00 bits per heavy atom. The van der Waals surface area contributed by atoms with Crippen LogP contribution in [0.1, 0.15) is 37.8 Å². The first kappa shape index (κ1) is 17.4. The lowest BCUT2D eigenvalue weighted by Crippen LogP contribution is -2.36. The van der Waals surface area contributed by atoms with Gasteiger partial charge in [0.2, 0.25) is 15.9 Å². The molecule has 1 amide bonds. The van der Waals surface area contributed by atoms with Gasteiger partial charge in [0.05, 0.1) is 11.9 Å². The lowest BCUT2D eigenvalue weighted by atomic mass is 10.1. The smallest absolute Gasteiger partial charge is 0.246 e. The number of rotatable bonds is 5. The van der Waals surface area contributed by atoms with Gasteiger partial charge in [-0.15, -0.1) is 0 Å². The normalized spacial score (nSPS) is 22.9. The Labute approximate surface area is 143 Å². The van der Waals surface area contributed by atoms with E-state index in [0.29, 0.717) is 31.2 Å². The van der Waals surface area contributed by atoms with E-state index in [1.165, 1.54) is 23.3 Å². The Hall–Kier alpha value is -1.41. The van der Waals surface area contributed by atoms with Crippen molar-refractivity contribution in [2.45, 2.75) is 50.0 Å². The summed E-state index contributed by atoms with van der Waals surface area (Å²) in [5, 5.41) is 4.02. The van der Waals surface area contributed by atoms with Crippen molar-refractivity contribution in [1.29, 1.82) is 0 Å². The third-order valence-corrected chi connectivity index (χ3v) is 7.32. The summed E-state index contributed by atoms with van der Waals surface area (Å²) in [7, 11) is -0.257. The summed E-state index contributed by atoms with van der Waals surface area (Å²) >= 11 is 0. The van der Waals surface area contributed by atoms with Crippen molar-refractivity contribution < 1.29 is 13.2 Å². The van der Waals surface area contributed by atoms with Crippen LogP contribution in [0.2, 0.25) is 0 Å². The van der Waals surface area contributed by atoms with E-state index in [1.807, 2.05) is 4.90 Å². The Bertz CT molecular complexity index is 722. The average molecular weight is 354 g/mol. The highest BCUT2D eigenvalue weighted by molar-refractivity contribution is 7.89. The van der Waals surface area contributed by atoms with Gasteiger partial charge >= 0.3 is 0 Å². The Morgan fingerprint density at radius 1 is 1.33 bits per heavy atom. The van der Waals surface area contributed by atoms with E-state index in [9.17, 15) is 13.2 Å². The molecule has 1 aliphatic heterocycles. The van der Waals surface area contributed by atoms with Gasteiger partial charge in [0.1, 0.15) is 4.90 Å². The zero-order chi connectivity index (χ0) is 17.5. The Kier molecular flexibility index (Phi) is 4.70. The van der Waals surface area contributed by atoms with Gasteiger partial charge in [-0.25, -0.2) is 12.7 Å². The topological polar surface area (TPSA) is 75.5 Å². The van der Waals surface area contributed by atoms with Crippen LogP contribution in [-0.4, -0.2) is 59.5 Å². The summed E-state index contributed by atoms with van der Waals surface area (Å²) in [5.74, 6) is 0.241. The quantitative estimate of drug-likeness (QED) is 0.795. The van der Waals surface area contributed by atoms with Crippen LogP contribution >= 0.6 is 0 Å². The van der Waals surface area contributed by atoms with Crippen LogP contribution < -0.4 is 0 Å². The van der Waals surface area contributed by atoms with Crippen LogP contribution in [0.15, 0.2) is 11.1 Å². The molecule has 0 aromatic carbocycles. The van der Waals surface area contributed by atoms with Gasteiger partial charge in [-0.3, -0.25) is 9.48 Å². The number of sulfonamides is 1. The first-order valence-electron chi connectivity index (χ1n) is 8.55.